The van der Waals surface area contributed by atoms with E-state index >= 15 is 0 Å². The van der Waals surface area contributed by atoms with Crippen LogP contribution in [0.1, 0.15) is 59.3 Å². The van der Waals surface area contributed by atoms with Crippen LogP contribution in [0.15, 0.2) is 28.7 Å². The minimum Gasteiger partial charge on any atom is -0.510 e. The smallest absolute Gasteiger partial charge is 0.417 e. The van der Waals surface area contributed by atoms with Crippen molar-refractivity contribution in [1.82, 2.24) is 9.80 Å². The number of aliphatic hydroxyl groups excluding tert-OH is 2. The summed E-state index contributed by atoms with van der Waals surface area (Å²) in [5, 5.41) is 44.8. The standard InChI is InChI=1S/C28H32F3N3O7/c1-4-34-7-5-6-15(34)12-10-16(35)18-13(20(12)28(29,30)31)8-11-9-14-21(33(2)3)23(37)19(26(32)40)25(39)27(14,41)24(38)17(11)22(18)36/h10-11,14-15,21,35,37-38,41H,4-9H2,1-3H3,(H2,32,40)/t11-,14-,15?,21-,27-/m0/s1. The molecule has 0 saturated carbocycles. The number of amides is 1. The lowest BCUT2D eigenvalue weighted by Gasteiger charge is -2.50. The maximum Gasteiger partial charge on any atom is 0.417 e. The molecule has 3 aliphatic carbocycles. The fourth-order valence-corrected chi connectivity index (χ4v) is 7.51. The molecule has 1 aliphatic heterocycles. The Morgan fingerprint density at radius 1 is 1.22 bits per heavy atom. The van der Waals surface area contributed by atoms with Crippen LogP contribution in [0.2, 0.25) is 0 Å². The van der Waals surface area contributed by atoms with E-state index in [0.29, 0.717) is 25.9 Å². The summed E-state index contributed by atoms with van der Waals surface area (Å²) in [6, 6.07) is -0.900. The van der Waals surface area contributed by atoms with Crippen LogP contribution in [0.25, 0.3) is 0 Å². The summed E-state index contributed by atoms with van der Waals surface area (Å²) in [6.07, 6.45) is -4.49. The van der Waals surface area contributed by atoms with Gasteiger partial charge in [0.1, 0.15) is 22.8 Å². The van der Waals surface area contributed by atoms with Crippen molar-refractivity contribution in [2.24, 2.45) is 17.6 Å². The highest BCUT2D eigenvalue weighted by atomic mass is 19.4. The van der Waals surface area contributed by atoms with Crippen molar-refractivity contribution >= 4 is 17.5 Å². The molecule has 1 unspecified atom stereocenters. The molecule has 1 heterocycles. The monoisotopic (exact) mass is 579 g/mol. The fraction of sp³-hybridized carbons (Fsp3) is 0.536. The number of primary amides is 1. The zero-order chi connectivity index (χ0) is 30.3. The summed E-state index contributed by atoms with van der Waals surface area (Å²) in [6.45, 7) is 2.91. The first kappa shape index (κ1) is 29.1. The number of carbonyl (C=O) groups is 3. The fourth-order valence-electron chi connectivity index (χ4n) is 7.51. The molecule has 0 radical (unpaired) electrons. The molecule has 5 rings (SSSR count). The number of nitrogens with zero attached hydrogens (tertiary/aromatic N) is 2. The van der Waals surface area contributed by atoms with Gasteiger partial charge in [-0.3, -0.25) is 24.2 Å². The van der Waals surface area contributed by atoms with E-state index in [2.05, 4.69) is 0 Å². The van der Waals surface area contributed by atoms with E-state index in [4.69, 9.17) is 5.73 Å². The molecule has 10 nitrogen and oxygen atoms in total. The Kier molecular flexibility index (Phi) is 6.79. The zero-order valence-electron chi connectivity index (χ0n) is 22.7. The third-order valence-corrected chi connectivity index (χ3v) is 9.17. The Morgan fingerprint density at radius 3 is 2.44 bits per heavy atom. The molecule has 1 aromatic carbocycles. The third-order valence-electron chi connectivity index (χ3n) is 9.17. The number of halogens is 3. The topological polar surface area (TPSA) is 165 Å². The molecule has 4 aliphatic rings. The number of rotatable bonds is 4. The van der Waals surface area contributed by atoms with Gasteiger partial charge in [0.05, 0.1) is 17.2 Å². The SMILES string of the molecule is CCN1CCCC1c1cc(O)c2c(c1C(F)(F)F)C[C@H]1C[C@H]3[C@H](N(C)C)C(O)=C(C(N)=O)C(=O)[C@@]3(O)C(O)=C1C2=O. The van der Waals surface area contributed by atoms with Crippen molar-refractivity contribution in [2.75, 3.05) is 27.2 Å². The highest BCUT2D eigenvalue weighted by molar-refractivity contribution is 6.24. The molecule has 222 valence electrons. The molecule has 41 heavy (non-hydrogen) atoms. The Morgan fingerprint density at radius 2 is 1.88 bits per heavy atom. The van der Waals surface area contributed by atoms with Crippen LogP contribution in [-0.4, -0.2) is 86.5 Å². The summed E-state index contributed by atoms with van der Waals surface area (Å²) in [5.41, 5.74) is -1.21. The highest BCUT2D eigenvalue weighted by Crippen LogP contribution is 2.54. The Bertz CT molecular complexity index is 1430. The number of likely N-dealkylation sites (N-methyl/N-ethyl adjacent to an activating group) is 1. The Balaban J connectivity index is 1.74. The van der Waals surface area contributed by atoms with Crippen LogP contribution < -0.4 is 5.73 Å². The lowest BCUT2D eigenvalue weighted by atomic mass is 9.58. The minimum atomic E-state index is -4.88. The lowest BCUT2D eigenvalue weighted by Crippen LogP contribution is -2.63. The van der Waals surface area contributed by atoms with Crippen molar-refractivity contribution in [3.8, 4) is 5.75 Å². The molecule has 1 saturated heterocycles. The van der Waals surface area contributed by atoms with E-state index in [9.17, 15) is 48.0 Å². The number of Topliss-reactive ketones (excluding diaryl/α,β-unsaturated/α-hetero) is 2. The van der Waals surface area contributed by atoms with Gasteiger partial charge in [-0.05, 0) is 76.0 Å². The predicted octanol–water partition coefficient (Wildman–Crippen LogP) is 2.30. The van der Waals surface area contributed by atoms with E-state index in [0.717, 1.165) is 6.07 Å². The largest absolute Gasteiger partial charge is 0.510 e. The molecule has 1 amide bonds. The average molecular weight is 580 g/mol. The van der Waals surface area contributed by atoms with Gasteiger partial charge in [0.25, 0.3) is 5.91 Å². The number of ketones is 2. The van der Waals surface area contributed by atoms with Crippen LogP contribution in [0.5, 0.6) is 5.75 Å². The molecular weight excluding hydrogens is 547 g/mol. The highest BCUT2D eigenvalue weighted by Gasteiger charge is 2.63. The number of allylic oxidation sites excluding steroid dienone is 1. The lowest BCUT2D eigenvalue weighted by molar-refractivity contribution is -0.148. The molecule has 0 bridgehead atoms. The number of nitrogens with two attached hydrogens (primary N) is 1. The van der Waals surface area contributed by atoms with Crippen molar-refractivity contribution in [3.63, 3.8) is 0 Å². The van der Waals surface area contributed by atoms with Gasteiger partial charge in [0.15, 0.2) is 11.4 Å². The molecular formula is C28H32F3N3O7. The van der Waals surface area contributed by atoms with Crippen molar-refractivity contribution in [2.45, 2.75) is 56.5 Å². The van der Waals surface area contributed by atoms with Gasteiger partial charge in [-0.1, -0.05) is 6.92 Å². The summed E-state index contributed by atoms with van der Waals surface area (Å²) in [5.74, 6) is -8.92. The number of phenolic OH excluding ortho intramolecular Hbond substituents is 1. The molecule has 1 fully saturated rings. The van der Waals surface area contributed by atoms with E-state index < -0.39 is 105 Å². The zero-order valence-corrected chi connectivity index (χ0v) is 22.7. The number of benzene rings is 1. The molecule has 0 aromatic heterocycles. The second-order valence-corrected chi connectivity index (χ2v) is 11.5. The number of phenols is 1. The maximum absolute atomic E-state index is 14.8. The van der Waals surface area contributed by atoms with Gasteiger partial charge in [0, 0.05) is 17.5 Å². The summed E-state index contributed by atoms with van der Waals surface area (Å²) in [7, 11) is 2.95. The first-order chi connectivity index (χ1) is 19.1. The average Bonchev–Trinajstić information content (AvgIpc) is 3.33. The number of hydrogen-bond acceptors (Lipinski definition) is 9. The van der Waals surface area contributed by atoms with Gasteiger partial charge in [-0.15, -0.1) is 0 Å². The number of aliphatic hydroxyl groups is 3. The van der Waals surface area contributed by atoms with E-state index in [1.54, 1.807) is 0 Å². The summed E-state index contributed by atoms with van der Waals surface area (Å²) < 4.78 is 44.3. The van der Waals surface area contributed by atoms with Crippen LogP contribution in [0, 0.1) is 11.8 Å². The van der Waals surface area contributed by atoms with Gasteiger partial charge in [-0.2, -0.15) is 13.2 Å². The third kappa shape index (κ3) is 4.00. The van der Waals surface area contributed by atoms with Gasteiger partial charge in [0.2, 0.25) is 5.78 Å². The molecule has 13 heteroatoms. The van der Waals surface area contributed by atoms with Gasteiger partial charge in [-0.25, -0.2) is 0 Å². The quantitative estimate of drug-likeness (QED) is 0.337. The second kappa shape index (κ2) is 9.57. The Labute approximate surface area is 233 Å². The van der Waals surface area contributed by atoms with Gasteiger partial charge >= 0.3 is 6.18 Å². The number of carbonyl (C=O) groups excluding carboxylic acids is 3. The first-order valence-electron chi connectivity index (χ1n) is 13.4. The van der Waals surface area contributed by atoms with E-state index in [-0.39, 0.29) is 12.0 Å². The van der Waals surface area contributed by atoms with Crippen LogP contribution in [-0.2, 0) is 22.2 Å². The number of fused-ring (bicyclic) bond motifs is 3. The normalized spacial score (nSPS) is 30.5. The summed E-state index contributed by atoms with van der Waals surface area (Å²) in [4.78, 5) is 42.5. The van der Waals surface area contributed by atoms with Crippen molar-refractivity contribution in [1.29, 1.82) is 0 Å². The molecule has 5 atom stereocenters. The number of aromatic hydroxyl groups is 1. The van der Waals surface area contributed by atoms with Crippen LogP contribution in [0.3, 0.4) is 0 Å². The first-order valence-corrected chi connectivity index (χ1v) is 13.4. The van der Waals surface area contributed by atoms with E-state index in [1.807, 2.05) is 11.8 Å². The Hall–Kier alpha value is -3.42. The van der Waals surface area contributed by atoms with Crippen molar-refractivity contribution in [3.05, 3.63) is 51.0 Å². The van der Waals surface area contributed by atoms with Crippen LogP contribution >= 0.6 is 0 Å². The molecule has 6 N–H and O–H groups in total. The number of likely N-dealkylation sites (tertiary alicyclic amines) is 1. The number of hydrogen-bond donors (Lipinski definition) is 5. The van der Waals surface area contributed by atoms with Gasteiger partial charge < -0.3 is 26.2 Å². The maximum atomic E-state index is 14.8. The van der Waals surface area contributed by atoms with Crippen LogP contribution in [0.4, 0.5) is 13.2 Å². The minimum absolute atomic E-state index is 0.129. The second-order valence-electron chi connectivity index (χ2n) is 11.5. The van der Waals surface area contributed by atoms with E-state index in [1.165, 1.54) is 19.0 Å². The van der Waals surface area contributed by atoms with Crippen molar-refractivity contribution < 1.29 is 48.0 Å². The number of alkyl halides is 3. The summed E-state index contributed by atoms with van der Waals surface area (Å²) >= 11 is 0. The molecule has 1 aromatic rings. The predicted molar refractivity (Wildman–Crippen MR) is 138 cm³/mol. The molecule has 0 spiro atoms.